The molecule has 2 rings (SSSR count). The lowest BCUT2D eigenvalue weighted by molar-refractivity contribution is -0.147. The highest BCUT2D eigenvalue weighted by Gasteiger charge is 2.38. The van der Waals surface area contributed by atoms with E-state index in [2.05, 4.69) is 9.71 Å². The summed E-state index contributed by atoms with van der Waals surface area (Å²) in [6, 6.07) is 4.29. The summed E-state index contributed by atoms with van der Waals surface area (Å²) in [4.78, 5) is 28.3. The molecule has 10 heteroatoms. The van der Waals surface area contributed by atoms with Gasteiger partial charge in [0, 0.05) is 7.05 Å². The molecule has 8 nitrogen and oxygen atoms in total. The molecule has 1 atom stereocenters. The number of nitrogens with zero attached hydrogens (tertiary/aromatic N) is 2. The highest BCUT2D eigenvalue weighted by Crippen LogP contribution is 2.22. The molecule has 2 aromatic rings. The molecule has 27 heavy (non-hydrogen) atoms. The number of carbonyl (C=O) groups is 1. The number of benzene rings is 1. The summed E-state index contributed by atoms with van der Waals surface area (Å²) in [5.41, 5.74) is -0.471. The number of rotatable bonds is 7. The fourth-order valence-corrected chi connectivity index (χ4v) is 4.73. The summed E-state index contributed by atoms with van der Waals surface area (Å²) in [5.74, 6) is -0.0772. The number of methoxy groups -OCH3 is 1. The molecular formula is C17H23N3O5S2. The largest absolute Gasteiger partial charge is 0.468 e. The number of sulfonamides is 1. The molecule has 1 aromatic carbocycles. The van der Waals surface area contributed by atoms with Crippen LogP contribution in [0, 0.1) is 6.92 Å². The topological polar surface area (TPSA) is 107 Å². The molecule has 0 aliphatic heterocycles. The summed E-state index contributed by atoms with van der Waals surface area (Å²) in [6.45, 7) is 3.07. The zero-order valence-corrected chi connectivity index (χ0v) is 17.5. The van der Waals surface area contributed by atoms with Crippen LogP contribution in [0.4, 0.5) is 0 Å². The standard InChI is InChI=1S/C17H23N3O5S2/c1-11-15(21)20(3)14-7-6-12(10-13(14)18-11)27(23,24)19-17(2,8-9-26-5)16(22)25-4/h6-7,10,19H,8-9H2,1-5H3/t17-/m1/s1. The van der Waals surface area contributed by atoms with Crippen LogP contribution in [-0.2, 0) is 26.6 Å². The summed E-state index contributed by atoms with van der Waals surface area (Å²) < 4.78 is 34.4. The minimum Gasteiger partial charge on any atom is -0.468 e. The van der Waals surface area contributed by atoms with Crippen LogP contribution in [-0.4, -0.2) is 48.6 Å². The second-order valence-corrected chi connectivity index (χ2v) is 9.05. The second kappa shape index (κ2) is 7.99. The van der Waals surface area contributed by atoms with Crippen molar-refractivity contribution in [3.05, 3.63) is 34.2 Å². The van der Waals surface area contributed by atoms with Crippen LogP contribution in [0.5, 0.6) is 0 Å². The number of ether oxygens (including phenoxy) is 1. The number of aryl methyl sites for hydroxylation is 2. The first-order valence-corrected chi connectivity index (χ1v) is 11.0. The van der Waals surface area contributed by atoms with E-state index < -0.39 is 21.5 Å². The fraction of sp³-hybridized carbons (Fsp3) is 0.471. The Morgan fingerprint density at radius 3 is 2.67 bits per heavy atom. The van der Waals surface area contributed by atoms with E-state index in [0.717, 1.165) is 0 Å². The summed E-state index contributed by atoms with van der Waals surface area (Å²) in [5, 5.41) is 0. The third kappa shape index (κ3) is 4.33. The summed E-state index contributed by atoms with van der Waals surface area (Å²) in [7, 11) is -1.20. The van der Waals surface area contributed by atoms with Crippen LogP contribution in [0.25, 0.3) is 11.0 Å². The Hall–Kier alpha value is -1.91. The molecule has 0 bridgehead atoms. The molecule has 1 N–H and O–H groups in total. The SMILES string of the molecule is COC(=O)[C@@](C)(CCSC)NS(=O)(=O)c1ccc2c(c1)nc(C)c(=O)n2C. The third-order valence-corrected chi connectivity index (χ3v) is 6.53. The Morgan fingerprint density at radius 1 is 1.41 bits per heavy atom. The Morgan fingerprint density at radius 2 is 2.07 bits per heavy atom. The zero-order chi connectivity index (χ0) is 20.4. The number of thioether (sulfide) groups is 1. The van der Waals surface area contributed by atoms with E-state index in [4.69, 9.17) is 4.74 Å². The number of nitrogens with one attached hydrogen (secondary N) is 1. The Balaban J connectivity index is 2.50. The van der Waals surface area contributed by atoms with Gasteiger partial charge in [0.2, 0.25) is 10.0 Å². The van der Waals surface area contributed by atoms with E-state index in [0.29, 0.717) is 16.8 Å². The highest BCUT2D eigenvalue weighted by atomic mass is 32.2. The van der Waals surface area contributed by atoms with E-state index >= 15 is 0 Å². The van der Waals surface area contributed by atoms with Crippen molar-refractivity contribution in [3.63, 3.8) is 0 Å². The molecule has 0 spiro atoms. The average Bonchev–Trinajstić information content (AvgIpc) is 2.63. The van der Waals surface area contributed by atoms with Gasteiger partial charge in [0.15, 0.2) is 0 Å². The molecule has 0 saturated heterocycles. The predicted molar refractivity (Wildman–Crippen MR) is 105 cm³/mol. The molecule has 0 unspecified atom stereocenters. The number of hydrogen-bond acceptors (Lipinski definition) is 7. The van der Waals surface area contributed by atoms with Crippen LogP contribution in [0.3, 0.4) is 0 Å². The van der Waals surface area contributed by atoms with Crippen molar-refractivity contribution < 1.29 is 17.9 Å². The number of hydrogen-bond donors (Lipinski definition) is 1. The molecule has 0 aliphatic carbocycles. The zero-order valence-electron chi connectivity index (χ0n) is 15.9. The first-order valence-electron chi connectivity index (χ1n) is 8.14. The molecule has 0 saturated carbocycles. The van der Waals surface area contributed by atoms with E-state index in [1.165, 1.54) is 48.6 Å². The fourth-order valence-electron chi connectivity index (χ4n) is 2.71. The summed E-state index contributed by atoms with van der Waals surface area (Å²) >= 11 is 1.50. The molecule has 148 valence electrons. The molecule has 0 fully saturated rings. The van der Waals surface area contributed by atoms with Gasteiger partial charge in [0.1, 0.15) is 11.2 Å². The number of fused-ring (bicyclic) bond motifs is 1. The maximum Gasteiger partial charge on any atom is 0.326 e. The van der Waals surface area contributed by atoms with Gasteiger partial charge < -0.3 is 9.30 Å². The van der Waals surface area contributed by atoms with Crippen LogP contribution in [0.2, 0.25) is 0 Å². The third-order valence-electron chi connectivity index (χ3n) is 4.32. The van der Waals surface area contributed by atoms with Crippen molar-refractivity contribution in [1.29, 1.82) is 0 Å². The first kappa shape index (κ1) is 21.4. The predicted octanol–water partition coefficient (Wildman–Crippen LogP) is 1.21. The van der Waals surface area contributed by atoms with Crippen molar-refractivity contribution >= 4 is 38.8 Å². The van der Waals surface area contributed by atoms with Gasteiger partial charge in [-0.2, -0.15) is 16.5 Å². The smallest absolute Gasteiger partial charge is 0.326 e. The van der Waals surface area contributed by atoms with Gasteiger partial charge in [-0.15, -0.1) is 0 Å². The van der Waals surface area contributed by atoms with Gasteiger partial charge in [0.05, 0.1) is 23.0 Å². The normalized spacial score (nSPS) is 14.1. The molecule has 0 radical (unpaired) electrons. The molecule has 0 amide bonds. The quantitative estimate of drug-likeness (QED) is 0.680. The van der Waals surface area contributed by atoms with Crippen LogP contribution < -0.4 is 10.3 Å². The van der Waals surface area contributed by atoms with Crippen molar-refractivity contribution in [2.75, 3.05) is 19.1 Å². The lowest BCUT2D eigenvalue weighted by atomic mass is 10.0. The minimum atomic E-state index is -4.02. The van der Waals surface area contributed by atoms with E-state index in [1.54, 1.807) is 14.0 Å². The minimum absolute atomic E-state index is 0.0418. The van der Waals surface area contributed by atoms with Gasteiger partial charge in [-0.25, -0.2) is 13.4 Å². The number of carbonyl (C=O) groups excluding carboxylic acids is 1. The Bertz CT molecular complexity index is 1030. The molecule has 1 heterocycles. The van der Waals surface area contributed by atoms with E-state index in [-0.39, 0.29) is 22.6 Å². The van der Waals surface area contributed by atoms with Crippen LogP contribution >= 0.6 is 11.8 Å². The van der Waals surface area contributed by atoms with Gasteiger partial charge in [0.25, 0.3) is 5.56 Å². The van der Waals surface area contributed by atoms with Crippen LogP contribution in [0.1, 0.15) is 19.0 Å². The first-order chi connectivity index (χ1) is 12.6. The van der Waals surface area contributed by atoms with Crippen molar-refractivity contribution in [3.8, 4) is 0 Å². The number of aromatic nitrogens is 2. The van der Waals surface area contributed by atoms with Gasteiger partial charge in [-0.05, 0) is 50.5 Å². The maximum absolute atomic E-state index is 12.9. The van der Waals surface area contributed by atoms with Gasteiger partial charge in [-0.1, -0.05) is 0 Å². The summed E-state index contributed by atoms with van der Waals surface area (Å²) in [6.07, 6.45) is 2.15. The molecule has 1 aromatic heterocycles. The van der Waals surface area contributed by atoms with E-state index in [9.17, 15) is 18.0 Å². The van der Waals surface area contributed by atoms with Gasteiger partial charge in [-0.3, -0.25) is 9.59 Å². The Labute approximate surface area is 162 Å². The molecule has 0 aliphatic rings. The maximum atomic E-state index is 12.9. The number of esters is 1. The van der Waals surface area contributed by atoms with Crippen molar-refractivity contribution in [2.24, 2.45) is 7.05 Å². The second-order valence-electron chi connectivity index (χ2n) is 6.38. The average molecular weight is 414 g/mol. The van der Waals surface area contributed by atoms with Crippen molar-refractivity contribution in [1.82, 2.24) is 14.3 Å². The monoisotopic (exact) mass is 413 g/mol. The lowest BCUT2D eigenvalue weighted by Crippen LogP contribution is -2.53. The van der Waals surface area contributed by atoms with Crippen molar-refractivity contribution in [2.45, 2.75) is 30.7 Å². The van der Waals surface area contributed by atoms with E-state index in [1.807, 2.05) is 6.26 Å². The molecular weight excluding hydrogens is 390 g/mol. The Kier molecular flexibility index (Phi) is 6.33. The van der Waals surface area contributed by atoms with Gasteiger partial charge >= 0.3 is 5.97 Å². The van der Waals surface area contributed by atoms with Crippen LogP contribution in [0.15, 0.2) is 27.9 Å². The highest BCUT2D eigenvalue weighted by molar-refractivity contribution is 7.98. The lowest BCUT2D eigenvalue weighted by Gasteiger charge is -2.27.